The molecule has 1 aliphatic carbocycles. The third kappa shape index (κ3) is 6.07. The molecule has 1 saturated carbocycles. The summed E-state index contributed by atoms with van der Waals surface area (Å²) in [6.45, 7) is 1.43. The zero-order valence-electron chi connectivity index (χ0n) is 23.9. The van der Waals surface area contributed by atoms with E-state index in [0.29, 0.717) is 44.4 Å². The lowest BCUT2D eigenvalue weighted by Gasteiger charge is -2.44. The molecule has 1 aliphatic rings. The van der Waals surface area contributed by atoms with Gasteiger partial charge in [-0.1, -0.05) is 24.3 Å². The highest BCUT2D eigenvalue weighted by atomic mass is 79.9. The fourth-order valence-electron chi connectivity index (χ4n) is 5.54. The Labute approximate surface area is 252 Å². The van der Waals surface area contributed by atoms with Gasteiger partial charge in [-0.15, -0.1) is 0 Å². The highest BCUT2D eigenvalue weighted by molar-refractivity contribution is 9.10. The van der Waals surface area contributed by atoms with Crippen molar-refractivity contribution in [3.63, 3.8) is 0 Å². The van der Waals surface area contributed by atoms with Gasteiger partial charge < -0.3 is 34.7 Å². The standard InChI is InChI=1S/C31H33BrN2O8/c1-31(38)16-21(35)26(29(36)33-19-10-6-8-12-22(19)39-2)25(17-14-18(32)28(42-5)24(15-17)41-4)27(31)30(37)34-20-11-7-9-13-23(20)40-3/h6-15,25-27,38H,16H2,1-5H3,(H,33,36)(H,34,37). The van der Waals surface area contributed by atoms with Crippen molar-refractivity contribution in [1.82, 2.24) is 0 Å². The van der Waals surface area contributed by atoms with E-state index >= 15 is 0 Å². The fourth-order valence-corrected chi connectivity index (χ4v) is 6.16. The second-order valence-electron chi connectivity index (χ2n) is 10.1. The largest absolute Gasteiger partial charge is 0.495 e. The van der Waals surface area contributed by atoms with Crippen molar-refractivity contribution < 1.29 is 38.4 Å². The molecule has 10 nitrogen and oxygen atoms in total. The third-order valence-electron chi connectivity index (χ3n) is 7.40. The fraction of sp³-hybridized carbons (Fsp3) is 0.323. The molecule has 0 saturated heterocycles. The van der Waals surface area contributed by atoms with Gasteiger partial charge in [-0.2, -0.15) is 0 Å². The molecule has 3 aromatic carbocycles. The number of hydrogen-bond donors (Lipinski definition) is 3. The third-order valence-corrected chi connectivity index (χ3v) is 7.99. The lowest BCUT2D eigenvalue weighted by atomic mass is 9.61. The van der Waals surface area contributed by atoms with Crippen LogP contribution in [-0.2, 0) is 14.4 Å². The van der Waals surface area contributed by atoms with Crippen molar-refractivity contribution in [2.24, 2.45) is 11.8 Å². The lowest BCUT2D eigenvalue weighted by molar-refractivity contribution is -0.150. The molecule has 222 valence electrons. The number of hydrogen-bond acceptors (Lipinski definition) is 8. The lowest BCUT2D eigenvalue weighted by Crippen LogP contribution is -2.56. The Bertz CT molecular complexity index is 1490. The van der Waals surface area contributed by atoms with Gasteiger partial charge in [0.25, 0.3) is 0 Å². The zero-order valence-corrected chi connectivity index (χ0v) is 25.5. The molecule has 1 fully saturated rings. The first-order chi connectivity index (χ1) is 20.1. The second kappa shape index (κ2) is 12.8. The van der Waals surface area contributed by atoms with Crippen molar-refractivity contribution in [3.8, 4) is 23.0 Å². The molecule has 11 heteroatoms. The second-order valence-corrected chi connectivity index (χ2v) is 11.0. The molecule has 3 aromatic rings. The van der Waals surface area contributed by atoms with Gasteiger partial charge in [0.2, 0.25) is 11.8 Å². The van der Waals surface area contributed by atoms with Crippen molar-refractivity contribution >= 4 is 44.9 Å². The Kier molecular flexibility index (Phi) is 9.43. The minimum atomic E-state index is -1.81. The van der Waals surface area contributed by atoms with Crippen LogP contribution < -0.4 is 29.6 Å². The molecule has 3 N–H and O–H groups in total. The van der Waals surface area contributed by atoms with Crippen molar-refractivity contribution in [3.05, 3.63) is 70.7 Å². The summed E-state index contributed by atoms with van der Waals surface area (Å²) in [6.07, 6.45) is -0.425. The first-order valence-corrected chi connectivity index (χ1v) is 13.9. The molecule has 0 aliphatic heterocycles. The number of nitrogens with one attached hydrogen (secondary N) is 2. The molecule has 0 aromatic heterocycles. The minimum absolute atomic E-state index is 0.312. The number of amides is 2. The van der Waals surface area contributed by atoms with E-state index in [-0.39, 0.29) is 0 Å². The number of aliphatic hydroxyl groups is 1. The van der Waals surface area contributed by atoms with Crippen LogP contribution in [0.3, 0.4) is 0 Å². The van der Waals surface area contributed by atoms with Gasteiger partial charge in [-0.3, -0.25) is 14.4 Å². The molecule has 2 amide bonds. The van der Waals surface area contributed by atoms with Crippen molar-refractivity contribution in [1.29, 1.82) is 0 Å². The first-order valence-electron chi connectivity index (χ1n) is 13.1. The van der Waals surface area contributed by atoms with Crippen LogP contribution in [0.1, 0.15) is 24.8 Å². The molecular formula is C31H33BrN2O8. The summed E-state index contributed by atoms with van der Waals surface area (Å²) >= 11 is 3.48. The van der Waals surface area contributed by atoms with Gasteiger partial charge >= 0.3 is 0 Å². The van der Waals surface area contributed by atoms with E-state index in [4.69, 9.17) is 18.9 Å². The van der Waals surface area contributed by atoms with Crippen LogP contribution in [-0.4, -0.2) is 56.7 Å². The molecule has 0 spiro atoms. The monoisotopic (exact) mass is 640 g/mol. The number of anilines is 2. The quantitative estimate of drug-likeness (QED) is 0.284. The van der Waals surface area contributed by atoms with Gasteiger partial charge in [0.1, 0.15) is 23.2 Å². The maximum atomic E-state index is 14.1. The summed E-state index contributed by atoms with van der Waals surface area (Å²) in [4.78, 5) is 41.7. The average molecular weight is 642 g/mol. The topological polar surface area (TPSA) is 132 Å². The van der Waals surface area contributed by atoms with Gasteiger partial charge in [-0.05, 0) is 64.8 Å². The Morgan fingerprint density at radius 2 is 1.36 bits per heavy atom. The number of halogens is 1. The van der Waals surface area contributed by atoms with Crippen molar-refractivity contribution in [2.75, 3.05) is 39.1 Å². The minimum Gasteiger partial charge on any atom is -0.495 e. The Hall–Kier alpha value is -4.09. The SMILES string of the molecule is COc1ccccc1NC(=O)C1C(=O)CC(C)(O)C(C(=O)Nc2ccccc2OC)C1c1cc(Br)c(OC)c(OC)c1. The van der Waals surface area contributed by atoms with E-state index in [1.54, 1.807) is 60.7 Å². The van der Waals surface area contributed by atoms with Crippen LogP contribution in [0, 0.1) is 11.8 Å². The Balaban J connectivity index is 1.87. The number of Topliss-reactive ketones (excluding diaryl/α,β-unsaturated/α-hetero) is 1. The van der Waals surface area contributed by atoms with Crippen LogP contribution in [0.4, 0.5) is 11.4 Å². The number of ether oxygens (including phenoxy) is 4. The van der Waals surface area contributed by atoms with E-state index in [0.717, 1.165) is 0 Å². The highest BCUT2D eigenvalue weighted by Crippen LogP contribution is 2.49. The predicted octanol–water partition coefficient (Wildman–Crippen LogP) is 4.80. The summed E-state index contributed by atoms with van der Waals surface area (Å²) in [7, 11) is 5.87. The van der Waals surface area contributed by atoms with Gasteiger partial charge in [0.15, 0.2) is 11.5 Å². The smallest absolute Gasteiger partial charge is 0.235 e. The molecule has 4 unspecified atom stereocenters. The summed E-state index contributed by atoms with van der Waals surface area (Å²) < 4.78 is 22.2. The maximum Gasteiger partial charge on any atom is 0.235 e. The number of ketones is 1. The van der Waals surface area contributed by atoms with Crippen LogP contribution in [0.5, 0.6) is 23.0 Å². The predicted molar refractivity (Wildman–Crippen MR) is 160 cm³/mol. The first kappa shape index (κ1) is 30.9. The molecule has 0 heterocycles. The van der Waals surface area contributed by atoms with E-state index in [1.165, 1.54) is 35.4 Å². The molecule has 4 rings (SSSR count). The highest BCUT2D eigenvalue weighted by Gasteiger charge is 2.56. The van der Waals surface area contributed by atoms with Crippen LogP contribution in [0.2, 0.25) is 0 Å². The Morgan fingerprint density at radius 3 is 1.88 bits per heavy atom. The average Bonchev–Trinajstić information content (AvgIpc) is 2.96. The molecule has 42 heavy (non-hydrogen) atoms. The van der Waals surface area contributed by atoms with Crippen LogP contribution in [0.15, 0.2) is 65.1 Å². The summed E-state index contributed by atoms with van der Waals surface area (Å²) in [5.74, 6) is -3.97. The van der Waals surface area contributed by atoms with Crippen LogP contribution >= 0.6 is 15.9 Å². The Morgan fingerprint density at radius 1 is 0.833 bits per heavy atom. The summed E-state index contributed by atoms with van der Waals surface area (Å²) in [5.41, 5.74) is -0.667. The summed E-state index contributed by atoms with van der Waals surface area (Å²) in [5, 5.41) is 17.3. The van der Waals surface area contributed by atoms with E-state index in [2.05, 4.69) is 26.6 Å². The van der Waals surface area contributed by atoms with Gasteiger partial charge in [-0.25, -0.2) is 0 Å². The van der Waals surface area contributed by atoms with Crippen LogP contribution in [0.25, 0.3) is 0 Å². The number of benzene rings is 3. The summed E-state index contributed by atoms with van der Waals surface area (Å²) in [6, 6.07) is 16.9. The number of carbonyl (C=O) groups is 3. The van der Waals surface area contributed by atoms with E-state index in [9.17, 15) is 19.5 Å². The molecule has 0 radical (unpaired) electrons. The maximum absolute atomic E-state index is 14.1. The molecule has 0 bridgehead atoms. The zero-order chi connectivity index (χ0) is 30.6. The normalized spacial score (nSPS) is 21.7. The number of carbonyl (C=O) groups excluding carboxylic acids is 3. The molecular weight excluding hydrogens is 608 g/mol. The van der Waals surface area contributed by atoms with E-state index in [1.807, 2.05) is 0 Å². The van der Waals surface area contributed by atoms with E-state index < -0.39 is 47.4 Å². The van der Waals surface area contributed by atoms with Gasteiger partial charge in [0, 0.05) is 12.3 Å². The number of rotatable bonds is 9. The number of para-hydroxylation sites is 4. The molecule has 4 atom stereocenters. The van der Waals surface area contributed by atoms with Crippen molar-refractivity contribution in [2.45, 2.75) is 24.9 Å². The van der Waals surface area contributed by atoms with Gasteiger partial charge in [0.05, 0.1) is 55.8 Å². The number of methoxy groups -OCH3 is 4.